The Balaban J connectivity index is 0.779. The van der Waals surface area contributed by atoms with E-state index in [1.54, 1.807) is 11.3 Å². The van der Waals surface area contributed by atoms with Crippen molar-refractivity contribution in [3.05, 3.63) is 105 Å². The molecule has 5 heterocycles. The molecule has 2 amide bonds. The first kappa shape index (κ1) is 38.3. The Kier molecular flexibility index (Phi) is 12.3. The van der Waals surface area contributed by atoms with Crippen molar-refractivity contribution >= 4 is 52.0 Å². The van der Waals surface area contributed by atoms with Crippen LogP contribution >= 0.6 is 22.9 Å². The maximum absolute atomic E-state index is 13.2. The van der Waals surface area contributed by atoms with Gasteiger partial charge in [0.2, 0.25) is 11.8 Å². The van der Waals surface area contributed by atoms with Gasteiger partial charge in [-0.1, -0.05) is 29.8 Å². The number of carbonyl (C=O) groups excluding carboxylic acids is 2. The fourth-order valence-electron chi connectivity index (χ4n) is 6.51. The first-order valence-electron chi connectivity index (χ1n) is 18.2. The van der Waals surface area contributed by atoms with Crippen molar-refractivity contribution < 1.29 is 23.8 Å². The fraction of sp³-hybridized carbons (Fsp3) is 0.350. The minimum atomic E-state index is -0.531. The number of aromatic nitrogens is 4. The lowest BCUT2D eigenvalue weighted by Crippen LogP contribution is -2.29. The van der Waals surface area contributed by atoms with Gasteiger partial charge in [-0.2, -0.15) is 0 Å². The number of anilines is 2. The molecule has 0 bridgehead atoms. The SMILES string of the molecule is Cc1sc2c(c1C)C(c1ccc(Cl)cc1)=NC(CC(=O)NCCOCCOCCOCCNc1ccc(-c3ccc4c(c3)CC(=O)N4)cn1)c1nnc(C)n1-2. The molecule has 55 heavy (non-hydrogen) atoms. The first-order chi connectivity index (χ1) is 26.7. The maximum atomic E-state index is 13.2. The van der Waals surface area contributed by atoms with Gasteiger partial charge in [-0.15, -0.1) is 21.5 Å². The highest BCUT2D eigenvalue weighted by Gasteiger charge is 2.32. The van der Waals surface area contributed by atoms with Crippen molar-refractivity contribution in [2.75, 3.05) is 63.4 Å². The van der Waals surface area contributed by atoms with Crippen molar-refractivity contribution in [2.45, 2.75) is 39.7 Å². The summed E-state index contributed by atoms with van der Waals surface area (Å²) < 4.78 is 19.0. The summed E-state index contributed by atoms with van der Waals surface area (Å²) in [4.78, 5) is 35.6. The number of benzene rings is 2. The van der Waals surface area contributed by atoms with Gasteiger partial charge in [-0.25, -0.2) is 4.98 Å². The van der Waals surface area contributed by atoms with Gasteiger partial charge in [0, 0.05) is 51.6 Å². The highest BCUT2D eigenvalue weighted by Crippen LogP contribution is 2.39. The zero-order valence-corrected chi connectivity index (χ0v) is 32.6. The molecule has 3 N–H and O–H groups in total. The molecule has 0 fully saturated rings. The summed E-state index contributed by atoms with van der Waals surface area (Å²) in [5.41, 5.74) is 7.81. The van der Waals surface area contributed by atoms with Gasteiger partial charge in [0.1, 0.15) is 22.7 Å². The van der Waals surface area contributed by atoms with Gasteiger partial charge < -0.3 is 30.2 Å². The summed E-state index contributed by atoms with van der Waals surface area (Å²) in [7, 11) is 0. The van der Waals surface area contributed by atoms with Crippen LogP contribution in [0.1, 0.15) is 51.2 Å². The second-order valence-corrected chi connectivity index (χ2v) is 14.9. The molecule has 13 nitrogen and oxygen atoms in total. The quantitative estimate of drug-likeness (QED) is 0.0961. The Morgan fingerprint density at radius 3 is 2.36 bits per heavy atom. The average molecular weight is 783 g/mol. The number of thiophene rings is 1. The minimum Gasteiger partial charge on any atom is -0.377 e. The molecule has 7 rings (SSSR count). The normalized spacial score (nSPS) is 14.4. The summed E-state index contributed by atoms with van der Waals surface area (Å²) in [5.74, 6) is 2.02. The van der Waals surface area contributed by atoms with Crippen molar-refractivity contribution in [2.24, 2.45) is 4.99 Å². The zero-order chi connectivity index (χ0) is 38.3. The zero-order valence-electron chi connectivity index (χ0n) is 31.0. The highest BCUT2D eigenvalue weighted by atomic mass is 35.5. The number of rotatable bonds is 17. The molecule has 0 saturated heterocycles. The Morgan fingerprint density at radius 1 is 0.909 bits per heavy atom. The summed E-state index contributed by atoms with van der Waals surface area (Å²) in [6.07, 6.45) is 2.34. The lowest BCUT2D eigenvalue weighted by Gasteiger charge is -2.13. The Bertz CT molecular complexity index is 2180. The van der Waals surface area contributed by atoms with Gasteiger partial charge >= 0.3 is 0 Å². The van der Waals surface area contributed by atoms with Gasteiger partial charge in [0.25, 0.3) is 0 Å². The Morgan fingerprint density at radius 2 is 1.62 bits per heavy atom. The average Bonchev–Trinajstić information content (AvgIpc) is 3.82. The van der Waals surface area contributed by atoms with Crippen molar-refractivity contribution in [1.82, 2.24) is 25.1 Å². The molecule has 2 aliphatic heterocycles. The lowest BCUT2D eigenvalue weighted by atomic mass is 9.99. The van der Waals surface area contributed by atoms with E-state index in [9.17, 15) is 9.59 Å². The number of amides is 2. The fourth-order valence-corrected chi connectivity index (χ4v) is 7.85. The van der Waals surface area contributed by atoms with Crippen LogP contribution in [0.4, 0.5) is 11.5 Å². The number of hydrogen-bond donors (Lipinski definition) is 3. The standard InChI is InChI=1S/C40H43ClN8O5S/c1-24-25(2)55-40-37(24)38(27-4-8-31(41)9-5-27)46-33(39-48-47-26(3)49(39)40)22-35(50)43-13-15-53-17-19-54-18-16-52-14-12-42-34-11-7-29(23-44-34)28-6-10-32-30(20-28)21-36(51)45-32/h4-11,20,23,33H,12-19,21-22H2,1-3H3,(H,42,44)(H,43,50)(H,45,51). The van der Waals surface area contributed by atoms with Crippen LogP contribution in [-0.2, 0) is 30.2 Å². The molecule has 0 spiro atoms. The van der Waals surface area contributed by atoms with Crippen LogP contribution in [0.15, 0.2) is 65.8 Å². The molecule has 0 radical (unpaired) electrons. The van der Waals surface area contributed by atoms with Gasteiger partial charge in [-0.05, 0) is 73.9 Å². The van der Waals surface area contributed by atoms with Crippen LogP contribution in [0.5, 0.6) is 0 Å². The highest BCUT2D eigenvalue weighted by molar-refractivity contribution is 7.15. The molecule has 1 unspecified atom stereocenters. The third kappa shape index (κ3) is 9.11. The van der Waals surface area contributed by atoms with E-state index in [0.717, 1.165) is 61.4 Å². The van der Waals surface area contributed by atoms with E-state index in [2.05, 4.69) is 45.0 Å². The molecule has 2 aliphatic rings. The number of aryl methyl sites for hydroxylation is 2. The number of nitrogens with zero attached hydrogens (tertiary/aromatic N) is 5. The molecular weight excluding hydrogens is 740 g/mol. The van der Waals surface area contributed by atoms with E-state index in [4.69, 9.17) is 30.8 Å². The molecule has 286 valence electrons. The monoisotopic (exact) mass is 782 g/mol. The number of nitrogens with one attached hydrogen (secondary N) is 3. The Labute approximate surface area is 328 Å². The first-order valence-corrected chi connectivity index (χ1v) is 19.4. The molecule has 0 saturated carbocycles. The van der Waals surface area contributed by atoms with Crippen molar-refractivity contribution in [3.63, 3.8) is 0 Å². The molecule has 3 aromatic heterocycles. The van der Waals surface area contributed by atoms with Gasteiger partial charge in [0.15, 0.2) is 5.82 Å². The minimum absolute atomic E-state index is 0.0253. The number of hydrogen-bond acceptors (Lipinski definition) is 11. The van der Waals surface area contributed by atoms with E-state index < -0.39 is 6.04 Å². The summed E-state index contributed by atoms with van der Waals surface area (Å²) in [6.45, 7) is 9.69. The van der Waals surface area contributed by atoms with Crippen LogP contribution < -0.4 is 16.0 Å². The predicted molar refractivity (Wildman–Crippen MR) is 214 cm³/mol. The van der Waals surface area contributed by atoms with E-state index in [1.165, 1.54) is 4.88 Å². The molecule has 0 aliphatic carbocycles. The predicted octanol–water partition coefficient (Wildman–Crippen LogP) is 6.02. The molecular formula is C40H43ClN8O5S. The van der Waals surface area contributed by atoms with Crippen LogP contribution in [0.25, 0.3) is 16.1 Å². The van der Waals surface area contributed by atoms with E-state index in [-0.39, 0.29) is 18.2 Å². The Hall–Kier alpha value is -4.99. The second kappa shape index (κ2) is 17.6. The summed E-state index contributed by atoms with van der Waals surface area (Å²) in [6, 6.07) is 17.0. The number of pyridine rings is 1. The third-order valence-electron chi connectivity index (χ3n) is 9.43. The maximum Gasteiger partial charge on any atom is 0.228 e. The smallest absolute Gasteiger partial charge is 0.228 e. The molecule has 5 aromatic rings. The van der Waals surface area contributed by atoms with Crippen molar-refractivity contribution in [1.29, 1.82) is 0 Å². The van der Waals surface area contributed by atoms with Crippen LogP contribution in [0, 0.1) is 20.8 Å². The number of halogens is 1. The van der Waals surface area contributed by atoms with Crippen LogP contribution in [-0.4, -0.2) is 90.0 Å². The lowest BCUT2D eigenvalue weighted by molar-refractivity contribution is -0.121. The number of carbonyl (C=O) groups is 2. The third-order valence-corrected chi connectivity index (χ3v) is 10.9. The van der Waals surface area contributed by atoms with E-state index in [1.807, 2.05) is 72.3 Å². The van der Waals surface area contributed by atoms with Gasteiger partial charge in [0.05, 0.1) is 58.2 Å². The van der Waals surface area contributed by atoms with Crippen LogP contribution in [0.3, 0.4) is 0 Å². The largest absolute Gasteiger partial charge is 0.377 e. The molecule has 2 aromatic carbocycles. The van der Waals surface area contributed by atoms with E-state index >= 15 is 0 Å². The number of ether oxygens (including phenoxy) is 3. The second-order valence-electron chi connectivity index (χ2n) is 13.3. The van der Waals surface area contributed by atoms with E-state index in [0.29, 0.717) is 70.0 Å². The molecule has 15 heteroatoms. The summed E-state index contributed by atoms with van der Waals surface area (Å²) in [5, 5.41) is 19.6. The molecule has 1 atom stereocenters. The van der Waals surface area contributed by atoms with Crippen molar-refractivity contribution in [3.8, 4) is 16.1 Å². The van der Waals surface area contributed by atoms with Gasteiger partial charge in [-0.3, -0.25) is 19.1 Å². The summed E-state index contributed by atoms with van der Waals surface area (Å²) >= 11 is 7.89. The number of fused-ring (bicyclic) bond motifs is 4. The number of aliphatic imine (C=N–C) groups is 1. The van der Waals surface area contributed by atoms with Crippen LogP contribution in [0.2, 0.25) is 5.02 Å². The topological polar surface area (TPSA) is 154 Å².